The standard InChI is InChI=1S/C20H21FN2O3/c1-26-18-10-8-14(13-15(18)21)9-11-19(24)22-16-5-2-3-6-17(16)23-12-4-7-20(23)25/h2-3,5-6,8,10,13H,4,7,9,11-12H2,1H3,(H,22,24). The molecular weight excluding hydrogens is 335 g/mol. The molecule has 0 bridgehead atoms. The molecule has 0 atom stereocenters. The summed E-state index contributed by atoms with van der Waals surface area (Å²) in [6.07, 6.45) is 1.99. The van der Waals surface area contributed by atoms with Gasteiger partial charge < -0.3 is 15.0 Å². The Morgan fingerprint density at radius 1 is 1.27 bits per heavy atom. The van der Waals surface area contributed by atoms with E-state index >= 15 is 0 Å². The van der Waals surface area contributed by atoms with Crippen LogP contribution < -0.4 is 15.0 Å². The van der Waals surface area contributed by atoms with E-state index in [9.17, 15) is 14.0 Å². The Bertz CT molecular complexity index is 822. The number of rotatable bonds is 6. The number of hydrogen-bond acceptors (Lipinski definition) is 3. The summed E-state index contributed by atoms with van der Waals surface area (Å²) in [6, 6.07) is 11.9. The third-order valence-electron chi connectivity index (χ3n) is 4.40. The molecule has 1 heterocycles. The summed E-state index contributed by atoms with van der Waals surface area (Å²) in [4.78, 5) is 26.0. The highest BCUT2D eigenvalue weighted by Gasteiger charge is 2.24. The molecule has 1 saturated heterocycles. The van der Waals surface area contributed by atoms with Crippen LogP contribution in [0.3, 0.4) is 0 Å². The van der Waals surface area contributed by atoms with Gasteiger partial charge in [-0.15, -0.1) is 0 Å². The first-order valence-electron chi connectivity index (χ1n) is 8.60. The molecule has 2 aromatic rings. The average molecular weight is 356 g/mol. The van der Waals surface area contributed by atoms with E-state index in [0.29, 0.717) is 25.1 Å². The van der Waals surface area contributed by atoms with Crippen LogP contribution in [0, 0.1) is 5.82 Å². The fourth-order valence-electron chi connectivity index (χ4n) is 3.05. The van der Waals surface area contributed by atoms with Gasteiger partial charge in [0.1, 0.15) is 0 Å². The number of carbonyl (C=O) groups excluding carboxylic acids is 2. The lowest BCUT2D eigenvalue weighted by molar-refractivity contribution is -0.117. The number of aryl methyl sites for hydroxylation is 1. The van der Waals surface area contributed by atoms with Crippen LogP contribution in [0.25, 0.3) is 0 Å². The molecule has 2 amide bonds. The van der Waals surface area contributed by atoms with Crippen molar-refractivity contribution in [3.63, 3.8) is 0 Å². The lowest BCUT2D eigenvalue weighted by atomic mass is 10.1. The monoisotopic (exact) mass is 356 g/mol. The summed E-state index contributed by atoms with van der Waals surface area (Å²) in [6.45, 7) is 0.664. The second kappa shape index (κ2) is 7.99. The lowest BCUT2D eigenvalue weighted by Gasteiger charge is -2.20. The van der Waals surface area contributed by atoms with Crippen molar-refractivity contribution in [1.29, 1.82) is 0 Å². The Morgan fingerprint density at radius 2 is 2.08 bits per heavy atom. The van der Waals surface area contributed by atoms with E-state index in [0.717, 1.165) is 17.7 Å². The Kier molecular flexibility index (Phi) is 5.51. The molecule has 0 aliphatic carbocycles. The molecule has 0 aromatic heterocycles. The van der Waals surface area contributed by atoms with Gasteiger partial charge in [0.2, 0.25) is 11.8 Å². The zero-order valence-electron chi connectivity index (χ0n) is 14.6. The van der Waals surface area contributed by atoms with E-state index in [1.165, 1.54) is 13.2 Å². The molecule has 3 rings (SSSR count). The molecule has 0 radical (unpaired) electrons. The Balaban J connectivity index is 1.64. The maximum absolute atomic E-state index is 13.7. The smallest absolute Gasteiger partial charge is 0.227 e. The molecular formula is C20H21FN2O3. The SMILES string of the molecule is COc1ccc(CCC(=O)Nc2ccccc2N2CCCC2=O)cc1F. The Morgan fingerprint density at radius 3 is 2.77 bits per heavy atom. The van der Waals surface area contributed by atoms with Gasteiger partial charge in [-0.25, -0.2) is 4.39 Å². The van der Waals surface area contributed by atoms with E-state index < -0.39 is 5.82 Å². The Hall–Kier alpha value is -2.89. The molecule has 5 nitrogen and oxygen atoms in total. The third kappa shape index (κ3) is 4.02. The predicted octanol–water partition coefficient (Wildman–Crippen LogP) is 3.53. The van der Waals surface area contributed by atoms with Crippen molar-refractivity contribution in [1.82, 2.24) is 0 Å². The molecule has 1 aliphatic rings. The van der Waals surface area contributed by atoms with Crippen molar-refractivity contribution >= 4 is 23.2 Å². The van der Waals surface area contributed by atoms with Gasteiger partial charge in [0.25, 0.3) is 0 Å². The first-order valence-corrected chi connectivity index (χ1v) is 8.60. The van der Waals surface area contributed by atoms with Crippen LogP contribution in [0.2, 0.25) is 0 Å². The van der Waals surface area contributed by atoms with Crippen molar-refractivity contribution < 1.29 is 18.7 Å². The highest BCUT2D eigenvalue weighted by Crippen LogP contribution is 2.29. The van der Waals surface area contributed by atoms with Crippen LogP contribution >= 0.6 is 0 Å². The predicted molar refractivity (Wildman–Crippen MR) is 97.9 cm³/mol. The number of ether oxygens (including phenoxy) is 1. The summed E-state index contributed by atoms with van der Waals surface area (Å²) in [5.74, 6) is -0.369. The van der Waals surface area contributed by atoms with E-state index in [2.05, 4.69) is 5.32 Å². The van der Waals surface area contributed by atoms with Gasteiger partial charge in [0, 0.05) is 19.4 Å². The summed E-state index contributed by atoms with van der Waals surface area (Å²) >= 11 is 0. The number of para-hydroxylation sites is 2. The van der Waals surface area contributed by atoms with E-state index in [1.807, 2.05) is 18.2 Å². The minimum absolute atomic E-state index is 0.0698. The van der Waals surface area contributed by atoms with Crippen molar-refractivity contribution in [2.75, 3.05) is 23.9 Å². The van der Waals surface area contributed by atoms with Gasteiger partial charge in [-0.3, -0.25) is 9.59 Å². The van der Waals surface area contributed by atoms with E-state index in [1.54, 1.807) is 23.1 Å². The van der Waals surface area contributed by atoms with Crippen molar-refractivity contribution in [3.05, 3.63) is 53.8 Å². The number of hydrogen-bond donors (Lipinski definition) is 1. The number of methoxy groups -OCH3 is 1. The first-order chi connectivity index (χ1) is 12.6. The van der Waals surface area contributed by atoms with Gasteiger partial charge in [0.05, 0.1) is 18.5 Å². The summed E-state index contributed by atoms with van der Waals surface area (Å²) in [5, 5.41) is 2.86. The summed E-state index contributed by atoms with van der Waals surface area (Å²) in [5.41, 5.74) is 2.06. The second-order valence-electron chi connectivity index (χ2n) is 6.18. The van der Waals surface area contributed by atoms with Crippen LogP contribution in [0.4, 0.5) is 15.8 Å². The number of benzene rings is 2. The quantitative estimate of drug-likeness (QED) is 0.861. The van der Waals surface area contributed by atoms with Crippen molar-refractivity contribution in [3.8, 4) is 5.75 Å². The maximum atomic E-state index is 13.7. The molecule has 136 valence electrons. The van der Waals surface area contributed by atoms with Crippen LogP contribution in [0.1, 0.15) is 24.8 Å². The molecule has 26 heavy (non-hydrogen) atoms. The van der Waals surface area contributed by atoms with Crippen LogP contribution in [0.5, 0.6) is 5.75 Å². The van der Waals surface area contributed by atoms with Crippen molar-refractivity contribution in [2.24, 2.45) is 0 Å². The number of nitrogens with one attached hydrogen (secondary N) is 1. The molecule has 1 fully saturated rings. The molecule has 0 spiro atoms. The van der Waals surface area contributed by atoms with Gasteiger partial charge in [-0.2, -0.15) is 0 Å². The topological polar surface area (TPSA) is 58.6 Å². The van der Waals surface area contributed by atoms with Gasteiger partial charge in [0.15, 0.2) is 11.6 Å². The minimum atomic E-state index is -0.441. The Labute approximate surface area is 151 Å². The molecule has 1 aliphatic heterocycles. The second-order valence-corrected chi connectivity index (χ2v) is 6.18. The largest absolute Gasteiger partial charge is 0.494 e. The minimum Gasteiger partial charge on any atom is -0.494 e. The van der Waals surface area contributed by atoms with Crippen LogP contribution in [0.15, 0.2) is 42.5 Å². The summed E-state index contributed by atoms with van der Waals surface area (Å²) < 4.78 is 18.6. The van der Waals surface area contributed by atoms with Crippen LogP contribution in [-0.4, -0.2) is 25.5 Å². The number of carbonyl (C=O) groups is 2. The van der Waals surface area contributed by atoms with E-state index in [4.69, 9.17) is 4.74 Å². The number of amides is 2. The summed E-state index contributed by atoms with van der Waals surface area (Å²) in [7, 11) is 1.41. The number of nitrogens with zero attached hydrogens (tertiary/aromatic N) is 1. The molecule has 6 heteroatoms. The molecule has 0 unspecified atom stereocenters. The lowest BCUT2D eigenvalue weighted by Crippen LogP contribution is -2.25. The normalized spacial score (nSPS) is 13.8. The highest BCUT2D eigenvalue weighted by atomic mass is 19.1. The zero-order chi connectivity index (χ0) is 18.5. The maximum Gasteiger partial charge on any atom is 0.227 e. The highest BCUT2D eigenvalue weighted by molar-refractivity contribution is 6.02. The first kappa shape index (κ1) is 17.9. The average Bonchev–Trinajstić information content (AvgIpc) is 3.06. The zero-order valence-corrected chi connectivity index (χ0v) is 14.6. The van der Waals surface area contributed by atoms with Crippen molar-refractivity contribution in [2.45, 2.75) is 25.7 Å². The fraction of sp³-hybridized carbons (Fsp3) is 0.300. The molecule has 1 N–H and O–H groups in total. The number of anilines is 2. The third-order valence-corrected chi connectivity index (χ3v) is 4.40. The van der Waals surface area contributed by atoms with Gasteiger partial charge in [-0.05, 0) is 42.7 Å². The molecule has 0 saturated carbocycles. The van der Waals surface area contributed by atoms with Gasteiger partial charge in [-0.1, -0.05) is 18.2 Å². The van der Waals surface area contributed by atoms with E-state index in [-0.39, 0.29) is 24.0 Å². The van der Waals surface area contributed by atoms with Crippen LogP contribution in [-0.2, 0) is 16.0 Å². The fourth-order valence-corrected chi connectivity index (χ4v) is 3.05. The number of halogens is 1. The molecule has 2 aromatic carbocycles. The van der Waals surface area contributed by atoms with Gasteiger partial charge >= 0.3 is 0 Å².